The molecule has 8 saturated carbocycles. The van der Waals surface area contributed by atoms with E-state index in [4.69, 9.17) is 0 Å². The Labute approximate surface area is 549 Å². The van der Waals surface area contributed by atoms with Gasteiger partial charge in [-0.1, -0.05) is 224 Å². The predicted molar refractivity (Wildman–Crippen MR) is 379 cm³/mol. The summed E-state index contributed by atoms with van der Waals surface area (Å²) in [5, 5.41) is 76.8. The highest BCUT2D eigenvalue weighted by molar-refractivity contribution is 4.89. The van der Waals surface area contributed by atoms with Gasteiger partial charge in [-0.25, -0.2) is 0 Å². The van der Waals surface area contributed by atoms with Gasteiger partial charge in [-0.05, 0) is 238 Å². The Morgan fingerprint density at radius 3 is 1.24 bits per heavy atom. The van der Waals surface area contributed by atoms with Gasteiger partial charge < -0.3 is 40.9 Å². The van der Waals surface area contributed by atoms with Crippen LogP contribution in [0.15, 0.2) is 0 Å². The lowest BCUT2D eigenvalue weighted by Crippen LogP contribution is -2.37. The number of aliphatic hydroxyl groups is 8. The van der Waals surface area contributed by atoms with Crippen molar-refractivity contribution in [1.29, 1.82) is 0 Å². The summed E-state index contributed by atoms with van der Waals surface area (Å²) < 4.78 is 0. The molecular formula is C80H160O8. The Balaban J connectivity index is 0.000000503. The summed E-state index contributed by atoms with van der Waals surface area (Å²) in [4.78, 5) is 0. The number of hydrogen-bond donors (Lipinski definition) is 8. The van der Waals surface area contributed by atoms with Crippen LogP contribution in [0.25, 0.3) is 0 Å². The second-order valence-corrected chi connectivity index (χ2v) is 34.0. The van der Waals surface area contributed by atoms with Crippen molar-refractivity contribution in [2.45, 2.75) is 382 Å². The smallest absolute Gasteiger partial charge is 0.0591 e. The van der Waals surface area contributed by atoms with E-state index >= 15 is 0 Å². The van der Waals surface area contributed by atoms with E-state index in [1.807, 2.05) is 0 Å². The summed E-state index contributed by atoms with van der Waals surface area (Å²) in [7, 11) is 0. The predicted octanol–water partition coefficient (Wildman–Crippen LogP) is 19.8. The Kier molecular flexibility index (Phi) is 41.8. The molecule has 0 amide bonds. The molecule has 0 radical (unpaired) electrons. The molecule has 0 spiro atoms. The first-order valence-corrected chi connectivity index (χ1v) is 38.5. The standard InChI is InChI=1S/8C10H20O/c1-4-9-5-8(3)10(11)6-7(9)2;1-4-9-5-7(2)8(3)10(11)6-9;1-4-10-7(2)5-9(11)6-8(10)3;1-4-9-5-7(2)10(11)8(3)6-9;1-4-9-6-10(11)8(3)5-7(9)2;1-4-8-7-10(2,3)6-5-9(8)11;1-4-8-9(11)6-5-7-10(8,2)3;1-4-9-5-6-10(11)8(3)7(9)2/h5*7-11H,4-6H2,1-3H3;2*8-9,11H,4-7H2,1-3H3;7-11H,4-6H2,1-3H3. The molecule has 8 fully saturated rings. The van der Waals surface area contributed by atoms with Gasteiger partial charge in [-0.2, -0.15) is 0 Å². The highest BCUT2D eigenvalue weighted by Crippen LogP contribution is 2.44. The van der Waals surface area contributed by atoms with Crippen molar-refractivity contribution in [3.05, 3.63) is 0 Å². The Morgan fingerprint density at radius 2 is 0.784 bits per heavy atom. The van der Waals surface area contributed by atoms with E-state index in [1.165, 1.54) is 103 Å². The molecule has 0 aromatic carbocycles. The highest BCUT2D eigenvalue weighted by atomic mass is 16.3. The quantitative estimate of drug-likeness (QED) is 0.119. The van der Waals surface area contributed by atoms with Gasteiger partial charge in [-0.3, -0.25) is 0 Å². The third kappa shape index (κ3) is 29.4. The minimum absolute atomic E-state index is 0.0203. The number of aliphatic hydroxyl groups excluding tert-OH is 8. The van der Waals surface area contributed by atoms with Crippen LogP contribution in [0.5, 0.6) is 0 Å². The Morgan fingerprint density at radius 1 is 0.307 bits per heavy atom. The van der Waals surface area contributed by atoms with Crippen LogP contribution in [-0.2, 0) is 0 Å². The fourth-order valence-electron chi connectivity index (χ4n) is 18.5. The Bertz CT molecular complexity index is 1620. The van der Waals surface area contributed by atoms with Crippen molar-refractivity contribution in [3.63, 3.8) is 0 Å². The SMILES string of the molecule is CCC1C(C)CC(O)CC1C.CCC1C(O)CCCC1(C)C.CCC1CC(C)(C)CCC1O.CCC1CC(C)C(C)C(O)C1.CCC1CC(C)C(O)C(C)C1.CCC1CC(C)C(O)CC1C.CCC1CC(O)C(C)CC1C.CCC1CCC(O)C(C)C1C. The second-order valence-electron chi connectivity index (χ2n) is 34.0. The van der Waals surface area contributed by atoms with Crippen LogP contribution in [0.1, 0.15) is 333 Å². The number of rotatable bonds is 8. The van der Waals surface area contributed by atoms with Crippen molar-refractivity contribution in [2.75, 3.05) is 0 Å². The molecule has 8 aliphatic carbocycles. The lowest BCUT2D eigenvalue weighted by atomic mass is 9.66. The second kappa shape index (κ2) is 43.0. The van der Waals surface area contributed by atoms with Crippen molar-refractivity contribution >= 4 is 0 Å². The van der Waals surface area contributed by atoms with Gasteiger partial charge in [-0.15, -0.1) is 0 Å². The van der Waals surface area contributed by atoms with Crippen molar-refractivity contribution in [1.82, 2.24) is 0 Å². The zero-order valence-electron chi connectivity index (χ0n) is 63.1. The molecule has 0 aliphatic heterocycles. The van der Waals surface area contributed by atoms with Crippen molar-refractivity contribution in [3.8, 4) is 0 Å². The van der Waals surface area contributed by atoms with Crippen LogP contribution in [0.3, 0.4) is 0 Å². The largest absolute Gasteiger partial charge is 0.393 e. The van der Waals surface area contributed by atoms with Crippen LogP contribution < -0.4 is 0 Å². The summed E-state index contributed by atoms with van der Waals surface area (Å²) in [6.45, 7) is 53.7. The van der Waals surface area contributed by atoms with E-state index < -0.39 is 0 Å². The van der Waals surface area contributed by atoms with Crippen LogP contribution in [0, 0.1) is 129 Å². The molecule has 528 valence electrons. The summed E-state index contributed by atoms with van der Waals surface area (Å²) in [5.41, 5.74) is 0.840. The Hall–Kier alpha value is -0.320. The van der Waals surface area contributed by atoms with E-state index in [2.05, 4.69) is 166 Å². The van der Waals surface area contributed by atoms with E-state index in [0.29, 0.717) is 70.0 Å². The van der Waals surface area contributed by atoms with Crippen molar-refractivity contribution < 1.29 is 40.9 Å². The van der Waals surface area contributed by atoms with Gasteiger partial charge in [0.05, 0.1) is 48.8 Å². The normalized spacial score (nSPS) is 43.6. The summed E-state index contributed by atoms with van der Waals surface area (Å²) in [5.74, 6) is 13.5. The van der Waals surface area contributed by atoms with Gasteiger partial charge in [0, 0.05) is 0 Å². The molecule has 0 aromatic heterocycles. The highest BCUT2D eigenvalue weighted by Gasteiger charge is 2.38. The van der Waals surface area contributed by atoms with Gasteiger partial charge in [0.25, 0.3) is 0 Å². The molecule has 0 saturated heterocycles. The lowest BCUT2D eigenvalue weighted by Gasteiger charge is -2.41. The first-order valence-electron chi connectivity index (χ1n) is 38.5. The van der Waals surface area contributed by atoms with Crippen LogP contribution >= 0.6 is 0 Å². The van der Waals surface area contributed by atoms with Gasteiger partial charge >= 0.3 is 0 Å². The minimum Gasteiger partial charge on any atom is -0.393 e. The molecule has 8 rings (SSSR count). The molecular weight excluding hydrogens is 1090 g/mol. The molecule has 24 atom stereocenters. The maximum atomic E-state index is 9.70. The lowest BCUT2D eigenvalue weighted by molar-refractivity contribution is -0.0104. The van der Waals surface area contributed by atoms with Gasteiger partial charge in [0.1, 0.15) is 0 Å². The van der Waals surface area contributed by atoms with E-state index in [9.17, 15) is 40.9 Å². The van der Waals surface area contributed by atoms with Crippen LogP contribution in [0.4, 0.5) is 0 Å². The van der Waals surface area contributed by atoms with E-state index in [0.717, 1.165) is 123 Å². The first-order chi connectivity index (χ1) is 41.0. The molecule has 0 bridgehead atoms. The van der Waals surface area contributed by atoms with Gasteiger partial charge in [0.2, 0.25) is 0 Å². The molecule has 8 heteroatoms. The average molecular weight is 1250 g/mol. The summed E-state index contributed by atoms with van der Waals surface area (Å²) >= 11 is 0. The number of hydrogen-bond acceptors (Lipinski definition) is 8. The topological polar surface area (TPSA) is 162 Å². The zero-order chi connectivity index (χ0) is 67.6. The third-order valence-electron chi connectivity index (χ3n) is 26.1. The zero-order valence-corrected chi connectivity index (χ0v) is 63.1. The molecule has 8 aliphatic rings. The third-order valence-corrected chi connectivity index (χ3v) is 26.1. The van der Waals surface area contributed by atoms with E-state index in [1.54, 1.807) is 0 Å². The summed E-state index contributed by atoms with van der Waals surface area (Å²) in [6.07, 6.45) is 30.0. The van der Waals surface area contributed by atoms with Crippen molar-refractivity contribution in [2.24, 2.45) is 129 Å². The van der Waals surface area contributed by atoms with E-state index in [-0.39, 0.29) is 48.8 Å². The maximum Gasteiger partial charge on any atom is 0.0591 e. The fourth-order valence-corrected chi connectivity index (χ4v) is 18.5. The molecule has 8 N–H and O–H groups in total. The maximum absolute atomic E-state index is 9.70. The van der Waals surface area contributed by atoms with Gasteiger partial charge in [0.15, 0.2) is 0 Å². The molecule has 88 heavy (non-hydrogen) atoms. The summed E-state index contributed by atoms with van der Waals surface area (Å²) in [6, 6.07) is 0. The fraction of sp³-hybridized carbons (Fsp3) is 1.00. The molecule has 24 unspecified atom stereocenters. The average Bonchev–Trinajstić information content (AvgIpc) is 3.43. The first kappa shape index (κ1) is 85.7. The molecule has 8 nitrogen and oxygen atoms in total. The molecule has 0 aromatic rings. The minimum atomic E-state index is -0.0437. The van der Waals surface area contributed by atoms with Crippen LogP contribution in [0.2, 0.25) is 0 Å². The monoisotopic (exact) mass is 1250 g/mol. The van der Waals surface area contributed by atoms with Crippen LogP contribution in [-0.4, -0.2) is 89.7 Å². The molecule has 0 heterocycles.